The van der Waals surface area contributed by atoms with Gasteiger partial charge in [0.05, 0.1) is 7.11 Å². The third-order valence-corrected chi connectivity index (χ3v) is 5.21. The van der Waals surface area contributed by atoms with Crippen molar-refractivity contribution in [1.29, 1.82) is 0 Å². The average molecular weight is 386 g/mol. The minimum absolute atomic E-state index is 0.0362. The predicted molar refractivity (Wildman–Crippen MR) is 86.6 cm³/mol. The molecule has 1 aliphatic carbocycles. The number of rotatable bonds is 5. The van der Waals surface area contributed by atoms with E-state index in [0.717, 1.165) is 25.0 Å². The van der Waals surface area contributed by atoms with Gasteiger partial charge in [0.15, 0.2) is 5.69 Å². The normalized spacial score (nSPS) is 14.2. The summed E-state index contributed by atoms with van der Waals surface area (Å²) in [6.45, 7) is 0. The fourth-order valence-electron chi connectivity index (χ4n) is 2.22. The van der Waals surface area contributed by atoms with Crippen LogP contribution in [0, 0.1) is 5.82 Å². The topological polar surface area (TPSA) is 98.2 Å². The maximum atomic E-state index is 13.8. The number of benzene rings is 1. The van der Waals surface area contributed by atoms with Gasteiger partial charge in [-0.25, -0.2) is 17.5 Å². The fourth-order valence-corrected chi connectivity index (χ4v) is 3.40. The molecule has 1 heterocycles. The van der Waals surface area contributed by atoms with Crippen LogP contribution < -0.4 is 9.46 Å². The van der Waals surface area contributed by atoms with E-state index in [1.807, 2.05) is 0 Å². The molecule has 7 nitrogen and oxygen atoms in total. The summed E-state index contributed by atoms with van der Waals surface area (Å²) in [6.07, 6.45) is 1.92. The molecule has 1 saturated carbocycles. The molecule has 0 spiro atoms. The third-order valence-electron chi connectivity index (χ3n) is 3.61. The molecular formula is C15H13ClFN3O4S. The van der Waals surface area contributed by atoms with E-state index in [4.69, 9.17) is 16.3 Å². The number of amides is 1. The van der Waals surface area contributed by atoms with Gasteiger partial charge in [0, 0.05) is 17.0 Å². The van der Waals surface area contributed by atoms with Gasteiger partial charge >= 0.3 is 0 Å². The monoisotopic (exact) mass is 385 g/mol. The van der Waals surface area contributed by atoms with Gasteiger partial charge in [0.2, 0.25) is 0 Å². The summed E-state index contributed by atoms with van der Waals surface area (Å²) in [5.41, 5.74) is 0.379. The number of hydrogen-bond acceptors (Lipinski definition) is 6. The van der Waals surface area contributed by atoms with Crippen molar-refractivity contribution in [1.82, 2.24) is 14.9 Å². The first-order valence-electron chi connectivity index (χ1n) is 7.25. The SMILES string of the molecule is COc1cc(C(=O)NS(=O)(=O)c2ccc(Cl)cc2F)nnc1C1CC1. The van der Waals surface area contributed by atoms with Crippen molar-refractivity contribution >= 4 is 27.5 Å². The van der Waals surface area contributed by atoms with Gasteiger partial charge in [-0.05, 0) is 31.0 Å². The van der Waals surface area contributed by atoms with Crippen LogP contribution >= 0.6 is 11.6 Å². The second-order valence-corrected chi connectivity index (χ2v) is 7.55. The maximum absolute atomic E-state index is 13.8. The summed E-state index contributed by atoms with van der Waals surface area (Å²) < 4.78 is 45.1. The molecule has 2 aromatic rings. The molecule has 132 valence electrons. The van der Waals surface area contributed by atoms with Crippen LogP contribution in [0.1, 0.15) is 34.9 Å². The Morgan fingerprint density at radius 1 is 1.32 bits per heavy atom. The Kier molecular flexibility index (Phi) is 4.61. The van der Waals surface area contributed by atoms with Gasteiger partial charge in [0.25, 0.3) is 15.9 Å². The average Bonchev–Trinajstić information content (AvgIpc) is 3.38. The van der Waals surface area contributed by atoms with E-state index < -0.39 is 26.6 Å². The second kappa shape index (κ2) is 6.57. The van der Waals surface area contributed by atoms with Gasteiger partial charge in [-0.1, -0.05) is 11.6 Å². The Balaban J connectivity index is 1.86. The number of carbonyl (C=O) groups is 1. The predicted octanol–water partition coefficient (Wildman–Crippen LogP) is 2.27. The first kappa shape index (κ1) is 17.6. The molecule has 25 heavy (non-hydrogen) atoms. The van der Waals surface area contributed by atoms with E-state index in [1.165, 1.54) is 19.2 Å². The molecule has 1 N–H and O–H groups in total. The Hall–Kier alpha value is -2.26. The number of sulfonamides is 1. The van der Waals surface area contributed by atoms with Crippen molar-refractivity contribution in [2.24, 2.45) is 0 Å². The third kappa shape index (κ3) is 3.72. The molecule has 0 saturated heterocycles. The smallest absolute Gasteiger partial charge is 0.285 e. The highest BCUT2D eigenvalue weighted by Gasteiger charge is 2.30. The van der Waals surface area contributed by atoms with E-state index in [1.54, 1.807) is 4.72 Å². The van der Waals surface area contributed by atoms with E-state index in [-0.39, 0.29) is 16.6 Å². The summed E-state index contributed by atoms with van der Waals surface area (Å²) in [5.74, 6) is -1.51. The number of halogens is 2. The minimum atomic E-state index is -4.43. The highest BCUT2D eigenvalue weighted by Crippen LogP contribution is 2.42. The molecule has 0 radical (unpaired) electrons. The zero-order valence-electron chi connectivity index (χ0n) is 13.0. The lowest BCUT2D eigenvalue weighted by Crippen LogP contribution is -2.32. The first-order chi connectivity index (χ1) is 11.8. The van der Waals surface area contributed by atoms with Crippen molar-refractivity contribution in [2.75, 3.05) is 7.11 Å². The molecule has 0 atom stereocenters. The van der Waals surface area contributed by atoms with Gasteiger partial charge in [-0.2, -0.15) is 5.10 Å². The summed E-state index contributed by atoms with van der Waals surface area (Å²) in [7, 11) is -3.01. The number of hydrogen-bond donors (Lipinski definition) is 1. The Morgan fingerprint density at radius 3 is 2.64 bits per heavy atom. The lowest BCUT2D eigenvalue weighted by molar-refractivity contribution is 0.0975. The highest BCUT2D eigenvalue weighted by atomic mass is 35.5. The van der Waals surface area contributed by atoms with E-state index >= 15 is 0 Å². The summed E-state index contributed by atoms with van der Waals surface area (Å²) in [6, 6.07) is 4.32. The Morgan fingerprint density at radius 2 is 2.04 bits per heavy atom. The number of methoxy groups -OCH3 is 1. The van der Waals surface area contributed by atoms with Crippen LogP contribution in [0.4, 0.5) is 4.39 Å². The van der Waals surface area contributed by atoms with Crippen LogP contribution in [0.2, 0.25) is 5.02 Å². The molecule has 0 bridgehead atoms. The number of nitrogens with zero attached hydrogens (tertiary/aromatic N) is 2. The standard InChI is InChI=1S/C15H13ClFN3O4S/c1-24-12-7-11(18-19-14(12)8-2-3-8)15(21)20-25(22,23)13-5-4-9(16)6-10(13)17/h4-8H,2-3H2,1H3,(H,20,21). The first-order valence-corrected chi connectivity index (χ1v) is 9.11. The lowest BCUT2D eigenvalue weighted by Gasteiger charge is -2.09. The molecule has 0 aliphatic heterocycles. The van der Waals surface area contributed by atoms with Gasteiger partial charge in [-0.15, -0.1) is 5.10 Å². The van der Waals surface area contributed by atoms with Crippen LogP contribution in [0.15, 0.2) is 29.2 Å². The van der Waals surface area contributed by atoms with Gasteiger partial charge in [-0.3, -0.25) is 4.79 Å². The van der Waals surface area contributed by atoms with Crippen LogP contribution in [0.3, 0.4) is 0 Å². The summed E-state index contributed by atoms with van der Waals surface area (Å²) in [4.78, 5) is 11.5. The zero-order valence-corrected chi connectivity index (χ0v) is 14.6. The lowest BCUT2D eigenvalue weighted by atomic mass is 10.2. The maximum Gasteiger partial charge on any atom is 0.285 e. The number of aromatic nitrogens is 2. The molecule has 1 amide bonds. The van der Waals surface area contributed by atoms with Gasteiger partial charge in [0.1, 0.15) is 22.2 Å². The van der Waals surface area contributed by atoms with E-state index in [9.17, 15) is 17.6 Å². The summed E-state index contributed by atoms with van der Waals surface area (Å²) >= 11 is 5.59. The number of nitrogens with one attached hydrogen (secondary N) is 1. The van der Waals surface area contributed by atoms with Crippen molar-refractivity contribution in [3.05, 3.63) is 46.5 Å². The summed E-state index contributed by atoms with van der Waals surface area (Å²) in [5, 5.41) is 7.72. The van der Waals surface area contributed by atoms with Gasteiger partial charge < -0.3 is 4.74 Å². The fraction of sp³-hybridized carbons (Fsp3) is 0.267. The second-order valence-electron chi connectivity index (χ2n) is 5.47. The van der Waals surface area contributed by atoms with Crippen LogP contribution in [0.5, 0.6) is 5.75 Å². The molecule has 3 rings (SSSR count). The molecule has 1 aliphatic rings. The van der Waals surface area contributed by atoms with Crippen LogP contribution in [-0.4, -0.2) is 31.6 Å². The number of ether oxygens (including phenoxy) is 1. The molecular weight excluding hydrogens is 373 g/mol. The minimum Gasteiger partial charge on any atom is -0.495 e. The van der Waals surface area contributed by atoms with Crippen molar-refractivity contribution in [3.63, 3.8) is 0 Å². The Labute approximate surface area is 148 Å². The van der Waals surface area contributed by atoms with E-state index in [2.05, 4.69) is 10.2 Å². The van der Waals surface area contributed by atoms with Crippen molar-refractivity contribution < 1.29 is 22.3 Å². The number of carbonyl (C=O) groups excluding carboxylic acids is 1. The largest absolute Gasteiger partial charge is 0.495 e. The van der Waals surface area contributed by atoms with Crippen LogP contribution in [-0.2, 0) is 10.0 Å². The quantitative estimate of drug-likeness (QED) is 0.847. The molecule has 1 fully saturated rings. The zero-order chi connectivity index (χ0) is 18.2. The molecule has 1 aromatic carbocycles. The Bertz CT molecular complexity index is 948. The molecule has 0 unspecified atom stereocenters. The van der Waals surface area contributed by atoms with Crippen molar-refractivity contribution in [2.45, 2.75) is 23.7 Å². The van der Waals surface area contributed by atoms with Crippen molar-refractivity contribution in [3.8, 4) is 5.75 Å². The molecule has 1 aromatic heterocycles. The van der Waals surface area contributed by atoms with E-state index in [0.29, 0.717) is 11.4 Å². The molecule has 10 heteroatoms. The highest BCUT2D eigenvalue weighted by molar-refractivity contribution is 7.90. The van der Waals surface area contributed by atoms with Crippen LogP contribution in [0.25, 0.3) is 0 Å².